The van der Waals surface area contributed by atoms with E-state index >= 15 is 0 Å². The van der Waals surface area contributed by atoms with Crippen LogP contribution in [0, 0.1) is 6.92 Å². The van der Waals surface area contributed by atoms with Gasteiger partial charge in [0.05, 0.1) is 10.9 Å². The van der Waals surface area contributed by atoms with Gasteiger partial charge < -0.3 is 16.4 Å². The minimum atomic E-state index is -0.533. The summed E-state index contributed by atoms with van der Waals surface area (Å²) < 4.78 is 0. The Bertz CT molecular complexity index is 607. The summed E-state index contributed by atoms with van der Waals surface area (Å²) in [6, 6.07) is -0.533. The number of thiophene rings is 1. The smallest absolute Gasteiger partial charge is 0.312 e. The van der Waals surface area contributed by atoms with E-state index in [4.69, 9.17) is 5.73 Å². The van der Waals surface area contributed by atoms with Crippen molar-refractivity contribution in [1.82, 2.24) is 15.3 Å². The number of aromatic nitrogens is 2. The van der Waals surface area contributed by atoms with E-state index in [1.165, 1.54) is 6.33 Å². The predicted octanol–water partition coefficient (Wildman–Crippen LogP) is 1.86. The maximum Gasteiger partial charge on any atom is 0.312 e. The molecule has 7 heteroatoms. The Kier molecular flexibility index (Phi) is 3.57. The monoisotopic (exact) mass is 279 g/mol. The van der Waals surface area contributed by atoms with Crippen molar-refractivity contribution >= 4 is 33.4 Å². The van der Waals surface area contributed by atoms with Gasteiger partial charge in [0.15, 0.2) is 0 Å². The molecular formula is C12H17N5OS. The highest BCUT2D eigenvalue weighted by Gasteiger charge is 2.20. The van der Waals surface area contributed by atoms with Crippen LogP contribution in [0.5, 0.6) is 0 Å². The Morgan fingerprint density at radius 3 is 2.89 bits per heavy atom. The molecule has 2 amide bonds. The maximum atomic E-state index is 10.8. The number of carbonyl (C=O) groups excluding carboxylic acids is 1. The van der Waals surface area contributed by atoms with Crippen LogP contribution in [0.3, 0.4) is 0 Å². The predicted molar refractivity (Wildman–Crippen MR) is 77.4 cm³/mol. The standard InChI is InChI=1S/C12H17N5OS/c1-7-4-19-10-8(7)9(15-6-16-10)17-12(2,3)5-14-11(13)18/h4,6H,5H2,1-3H3,(H3,13,14,18)(H,15,16,17). The van der Waals surface area contributed by atoms with E-state index < -0.39 is 6.03 Å². The van der Waals surface area contributed by atoms with Crippen molar-refractivity contribution in [3.05, 3.63) is 17.3 Å². The lowest BCUT2D eigenvalue weighted by Crippen LogP contribution is -2.45. The minimum Gasteiger partial charge on any atom is -0.363 e. The maximum absolute atomic E-state index is 10.8. The molecule has 0 aliphatic heterocycles. The third-order valence-corrected chi connectivity index (χ3v) is 3.72. The number of urea groups is 1. The summed E-state index contributed by atoms with van der Waals surface area (Å²) in [7, 11) is 0. The van der Waals surface area contributed by atoms with E-state index in [1.807, 2.05) is 20.8 Å². The van der Waals surface area contributed by atoms with E-state index in [0.29, 0.717) is 6.54 Å². The number of aryl methyl sites for hydroxylation is 1. The fourth-order valence-electron chi connectivity index (χ4n) is 1.78. The Labute approximate surface area is 115 Å². The first-order valence-corrected chi connectivity index (χ1v) is 6.77. The third-order valence-electron chi connectivity index (χ3n) is 2.72. The van der Waals surface area contributed by atoms with E-state index in [9.17, 15) is 4.79 Å². The lowest BCUT2D eigenvalue weighted by molar-refractivity contribution is 0.247. The molecule has 0 bridgehead atoms. The molecule has 102 valence electrons. The molecule has 19 heavy (non-hydrogen) atoms. The van der Waals surface area contributed by atoms with Crippen molar-refractivity contribution in [1.29, 1.82) is 0 Å². The van der Waals surface area contributed by atoms with E-state index in [0.717, 1.165) is 21.6 Å². The van der Waals surface area contributed by atoms with Crippen LogP contribution in [0.1, 0.15) is 19.4 Å². The first-order valence-electron chi connectivity index (χ1n) is 5.89. The van der Waals surface area contributed by atoms with Crippen LogP contribution in [0.25, 0.3) is 10.2 Å². The number of fused-ring (bicyclic) bond motifs is 1. The highest BCUT2D eigenvalue weighted by molar-refractivity contribution is 7.17. The molecule has 6 nitrogen and oxygen atoms in total. The first-order chi connectivity index (χ1) is 8.89. The molecule has 0 aliphatic rings. The Balaban J connectivity index is 2.25. The molecule has 0 saturated carbocycles. The van der Waals surface area contributed by atoms with E-state index in [1.54, 1.807) is 11.3 Å². The van der Waals surface area contributed by atoms with Gasteiger partial charge >= 0.3 is 6.03 Å². The number of hydrogen-bond donors (Lipinski definition) is 3. The fourth-order valence-corrected chi connectivity index (χ4v) is 2.67. The third kappa shape index (κ3) is 3.11. The summed E-state index contributed by atoms with van der Waals surface area (Å²) in [5, 5.41) is 9.01. The van der Waals surface area contributed by atoms with Crippen LogP contribution in [0.4, 0.5) is 10.6 Å². The van der Waals surface area contributed by atoms with E-state index in [-0.39, 0.29) is 5.54 Å². The summed E-state index contributed by atoms with van der Waals surface area (Å²) in [4.78, 5) is 20.3. The number of nitrogens with one attached hydrogen (secondary N) is 2. The van der Waals surface area contributed by atoms with Crippen molar-refractivity contribution in [2.75, 3.05) is 11.9 Å². The summed E-state index contributed by atoms with van der Waals surface area (Å²) in [6.07, 6.45) is 1.54. The molecule has 0 atom stereocenters. The zero-order valence-electron chi connectivity index (χ0n) is 11.2. The molecule has 4 N–H and O–H groups in total. The summed E-state index contributed by atoms with van der Waals surface area (Å²) >= 11 is 1.59. The average molecular weight is 279 g/mol. The molecule has 2 aromatic rings. The van der Waals surface area contributed by atoms with Gasteiger partial charge in [-0.05, 0) is 31.7 Å². The number of nitrogens with two attached hydrogens (primary N) is 1. The Morgan fingerprint density at radius 1 is 1.47 bits per heavy atom. The number of nitrogens with zero attached hydrogens (tertiary/aromatic N) is 2. The van der Waals surface area contributed by atoms with Gasteiger partial charge in [0.2, 0.25) is 0 Å². The molecule has 0 radical (unpaired) electrons. The van der Waals surface area contributed by atoms with Crippen LogP contribution in [-0.2, 0) is 0 Å². The SMILES string of the molecule is Cc1csc2ncnc(NC(C)(C)CNC(N)=O)c12. The summed E-state index contributed by atoms with van der Waals surface area (Å²) in [6.45, 7) is 6.39. The number of amides is 2. The lowest BCUT2D eigenvalue weighted by atomic mass is 10.1. The summed E-state index contributed by atoms with van der Waals surface area (Å²) in [5.41, 5.74) is 5.87. The topological polar surface area (TPSA) is 92.9 Å². The van der Waals surface area contributed by atoms with Crippen molar-refractivity contribution < 1.29 is 4.79 Å². The van der Waals surface area contributed by atoms with Gasteiger partial charge in [0.1, 0.15) is 17.0 Å². The largest absolute Gasteiger partial charge is 0.363 e. The fraction of sp³-hybridized carbons (Fsp3) is 0.417. The number of rotatable bonds is 4. The summed E-state index contributed by atoms with van der Waals surface area (Å²) in [5.74, 6) is 0.778. The molecule has 0 saturated heterocycles. The number of anilines is 1. The van der Waals surface area contributed by atoms with Gasteiger partial charge in [0, 0.05) is 6.54 Å². The number of primary amides is 1. The van der Waals surface area contributed by atoms with Crippen molar-refractivity contribution in [2.24, 2.45) is 5.73 Å². The van der Waals surface area contributed by atoms with Crippen LogP contribution < -0.4 is 16.4 Å². The Hall–Kier alpha value is -1.89. The van der Waals surface area contributed by atoms with Crippen LogP contribution >= 0.6 is 11.3 Å². The second-order valence-electron chi connectivity index (χ2n) is 5.05. The van der Waals surface area contributed by atoms with Crippen molar-refractivity contribution in [3.63, 3.8) is 0 Å². The Morgan fingerprint density at radius 2 is 2.21 bits per heavy atom. The van der Waals surface area contributed by atoms with Gasteiger partial charge in [-0.15, -0.1) is 11.3 Å². The zero-order chi connectivity index (χ0) is 14.0. The molecular weight excluding hydrogens is 262 g/mol. The van der Waals surface area contributed by atoms with Crippen molar-refractivity contribution in [2.45, 2.75) is 26.3 Å². The molecule has 0 fully saturated rings. The first kappa shape index (κ1) is 13.5. The molecule has 0 spiro atoms. The molecule has 2 aromatic heterocycles. The van der Waals surface area contributed by atoms with Gasteiger partial charge in [-0.25, -0.2) is 14.8 Å². The molecule has 0 aromatic carbocycles. The second kappa shape index (κ2) is 5.00. The second-order valence-corrected chi connectivity index (χ2v) is 5.91. The lowest BCUT2D eigenvalue weighted by Gasteiger charge is -2.27. The molecule has 0 unspecified atom stereocenters. The highest BCUT2D eigenvalue weighted by Crippen LogP contribution is 2.29. The molecule has 0 aliphatic carbocycles. The quantitative estimate of drug-likeness (QED) is 0.796. The zero-order valence-corrected chi connectivity index (χ0v) is 12.0. The highest BCUT2D eigenvalue weighted by atomic mass is 32.1. The van der Waals surface area contributed by atoms with Gasteiger partial charge in [-0.1, -0.05) is 0 Å². The molecule has 2 heterocycles. The minimum absolute atomic E-state index is 0.356. The number of carbonyl (C=O) groups is 1. The van der Waals surface area contributed by atoms with Crippen LogP contribution in [0.15, 0.2) is 11.7 Å². The molecule has 2 rings (SSSR count). The van der Waals surface area contributed by atoms with Crippen LogP contribution in [-0.4, -0.2) is 28.1 Å². The van der Waals surface area contributed by atoms with Gasteiger partial charge in [0.25, 0.3) is 0 Å². The number of hydrogen-bond acceptors (Lipinski definition) is 5. The van der Waals surface area contributed by atoms with Gasteiger partial charge in [-0.3, -0.25) is 0 Å². The van der Waals surface area contributed by atoms with Gasteiger partial charge in [-0.2, -0.15) is 0 Å². The normalized spacial score (nSPS) is 11.5. The van der Waals surface area contributed by atoms with Crippen LogP contribution in [0.2, 0.25) is 0 Å². The average Bonchev–Trinajstić information content (AvgIpc) is 2.70. The van der Waals surface area contributed by atoms with Crippen molar-refractivity contribution in [3.8, 4) is 0 Å². The van der Waals surface area contributed by atoms with E-state index in [2.05, 4.69) is 26.0 Å².